The molecule has 0 atom stereocenters. The Morgan fingerprint density at radius 3 is 2.00 bits per heavy atom. The van der Waals surface area contributed by atoms with Gasteiger partial charge < -0.3 is 16.0 Å². The Kier molecular flexibility index (Phi) is 6.97. The minimum absolute atomic E-state index is 0.0144. The van der Waals surface area contributed by atoms with E-state index in [9.17, 15) is 4.79 Å². The summed E-state index contributed by atoms with van der Waals surface area (Å²) in [7, 11) is 0. The second-order valence-corrected chi connectivity index (χ2v) is 9.39. The quantitative estimate of drug-likeness (QED) is 0.403. The Morgan fingerprint density at radius 1 is 0.886 bits per heavy atom. The molecule has 0 bridgehead atoms. The highest BCUT2D eigenvalue weighted by atomic mass is 32.1. The van der Waals surface area contributed by atoms with Crippen molar-refractivity contribution >= 4 is 28.4 Å². The summed E-state index contributed by atoms with van der Waals surface area (Å²) in [5.74, 6) is 0. The fourth-order valence-electron chi connectivity index (χ4n) is 5.12. The monoisotopic (exact) mass is 485 g/mol. The van der Waals surface area contributed by atoms with E-state index in [0.717, 1.165) is 42.1 Å². The van der Waals surface area contributed by atoms with Crippen molar-refractivity contribution in [1.82, 2.24) is 19.4 Å². The zero-order valence-electron chi connectivity index (χ0n) is 19.7. The lowest BCUT2D eigenvalue weighted by Gasteiger charge is -2.35. The Balaban J connectivity index is 1.32. The number of hydrogen-bond acceptors (Lipinski definition) is 3. The predicted molar refractivity (Wildman–Crippen MR) is 146 cm³/mol. The molecular weight excluding hydrogens is 454 g/mol. The molecule has 7 heteroatoms. The fourth-order valence-corrected chi connectivity index (χ4v) is 5.42. The van der Waals surface area contributed by atoms with Gasteiger partial charge >= 0.3 is 5.69 Å². The molecule has 0 aliphatic carbocycles. The summed E-state index contributed by atoms with van der Waals surface area (Å²) < 4.78 is 3.77. The second-order valence-electron chi connectivity index (χ2n) is 9.00. The highest BCUT2D eigenvalue weighted by molar-refractivity contribution is 7.80. The van der Waals surface area contributed by atoms with Crippen LogP contribution in [-0.2, 0) is 6.54 Å². The second kappa shape index (κ2) is 10.5. The molecule has 1 saturated heterocycles. The smallest absolute Gasteiger partial charge is 0.329 e. The van der Waals surface area contributed by atoms with Crippen LogP contribution in [0.2, 0.25) is 0 Å². The molecule has 4 aromatic rings. The van der Waals surface area contributed by atoms with Gasteiger partial charge in [0.2, 0.25) is 0 Å². The van der Waals surface area contributed by atoms with Crippen molar-refractivity contribution in [1.29, 1.82) is 0 Å². The molecule has 3 aromatic carbocycles. The van der Waals surface area contributed by atoms with Gasteiger partial charge in [0.05, 0.1) is 17.1 Å². The van der Waals surface area contributed by atoms with Crippen molar-refractivity contribution in [3.63, 3.8) is 0 Å². The van der Waals surface area contributed by atoms with Crippen LogP contribution in [0.4, 0.5) is 0 Å². The number of aromatic nitrogens is 2. The molecule has 0 radical (unpaired) electrons. The molecule has 3 N–H and O–H groups in total. The van der Waals surface area contributed by atoms with Gasteiger partial charge in [-0.25, -0.2) is 4.79 Å². The number of piperidine rings is 1. The number of nitrogens with one attached hydrogen (secondary N) is 1. The Morgan fingerprint density at radius 2 is 1.43 bits per heavy atom. The highest BCUT2D eigenvalue weighted by Crippen LogP contribution is 2.27. The third-order valence-electron chi connectivity index (χ3n) is 6.87. The van der Waals surface area contributed by atoms with E-state index < -0.39 is 0 Å². The molecule has 1 aliphatic rings. The van der Waals surface area contributed by atoms with Crippen LogP contribution in [0, 0.1) is 0 Å². The van der Waals surface area contributed by atoms with E-state index in [-0.39, 0.29) is 17.8 Å². The SMILES string of the molecule is NCCn1c(=O)n(C2CCN(C(=S)NC(c3ccccc3)c3ccccc3)CC2)c2ccccc21. The van der Waals surface area contributed by atoms with Gasteiger partial charge in [0.1, 0.15) is 0 Å². The van der Waals surface area contributed by atoms with Crippen LogP contribution in [0.3, 0.4) is 0 Å². The first-order valence-electron chi connectivity index (χ1n) is 12.2. The van der Waals surface area contributed by atoms with Crippen molar-refractivity contribution in [2.24, 2.45) is 5.73 Å². The van der Waals surface area contributed by atoms with Gasteiger partial charge in [-0.15, -0.1) is 0 Å². The number of imidazole rings is 1. The maximum atomic E-state index is 13.3. The average Bonchev–Trinajstić information content (AvgIpc) is 3.19. The van der Waals surface area contributed by atoms with E-state index in [1.807, 2.05) is 41.0 Å². The van der Waals surface area contributed by atoms with Gasteiger partial charge in [-0.1, -0.05) is 72.8 Å². The first-order chi connectivity index (χ1) is 17.2. The molecule has 5 rings (SSSR count). The topological polar surface area (TPSA) is 68.2 Å². The summed E-state index contributed by atoms with van der Waals surface area (Å²) in [6.07, 6.45) is 1.72. The van der Waals surface area contributed by atoms with Crippen LogP contribution >= 0.6 is 12.2 Å². The molecule has 6 nitrogen and oxygen atoms in total. The van der Waals surface area contributed by atoms with E-state index in [1.165, 1.54) is 11.1 Å². The Hall–Kier alpha value is -3.42. The minimum atomic E-state index is -0.0144. The summed E-state index contributed by atoms with van der Waals surface area (Å²) in [5.41, 5.74) is 10.1. The number of hydrogen-bond donors (Lipinski definition) is 2. The van der Waals surface area contributed by atoms with Gasteiger partial charge in [0, 0.05) is 32.2 Å². The van der Waals surface area contributed by atoms with Crippen LogP contribution in [-0.4, -0.2) is 38.8 Å². The molecule has 0 amide bonds. The third kappa shape index (κ3) is 4.74. The molecule has 1 fully saturated rings. The maximum absolute atomic E-state index is 13.3. The Labute approximate surface area is 211 Å². The van der Waals surface area contributed by atoms with Gasteiger partial charge in [0.15, 0.2) is 5.11 Å². The fraction of sp³-hybridized carbons (Fsp3) is 0.286. The van der Waals surface area contributed by atoms with Crippen molar-refractivity contribution in [2.75, 3.05) is 19.6 Å². The van der Waals surface area contributed by atoms with Crippen LogP contribution in [0.1, 0.15) is 36.1 Å². The molecular formula is C28H31N5OS. The van der Waals surface area contributed by atoms with Gasteiger partial charge in [0.25, 0.3) is 0 Å². The summed E-state index contributed by atoms with van der Waals surface area (Å²) in [5, 5.41) is 4.36. The summed E-state index contributed by atoms with van der Waals surface area (Å²) in [4.78, 5) is 15.5. The molecule has 0 unspecified atom stereocenters. The van der Waals surface area contributed by atoms with Gasteiger partial charge in [-0.3, -0.25) is 9.13 Å². The summed E-state index contributed by atoms with van der Waals surface area (Å²) in [6.45, 7) is 2.57. The van der Waals surface area contributed by atoms with E-state index in [2.05, 4.69) is 58.7 Å². The standard InChI is InChI=1S/C28H31N5OS/c29-17-20-32-24-13-7-8-14-25(24)33(28(32)34)23-15-18-31(19-16-23)27(35)30-26(21-9-3-1-4-10-21)22-11-5-2-6-12-22/h1-14,23,26H,15-20,29H2,(H,30,35). The zero-order chi connectivity index (χ0) is 24.2. The van der Waals surface area contributed by atoms with Crippen molar-refractivity contribution < 1.29 is 0 Å². The third-order valence-corrected chi connectivity index (χ3v) is 7.25. The predicted octanol–water partition coefficient (Wildman–Crippen LogP) is 4.06. The zero-order valence-corrected chi connectivity index (χ0v) is 20.5. The van der Waals surface area contributed by atoms with Crippen LogP contribution in [0.5, 0.6) is 0 Å². The first kappa shape index (κ1) is 23.3. The number of nitrogens with two attached hydrogens (primary N) is 1. The number of fused-ring (bicyclic) bond motifs is 1. The number of para-hydroxylation sites is 2. The lowest BCUT2D eigenvalue weighted by atomic mass is 9.99. The van der Waals surface area contributed by atoms with E-state index in [0.29, 0.717) is 13.1 Å². The molecule has 0 saturated carbocycles. The molecule has 1 aliphatic heterocycles. The van der Waals surface area contributed by atoms with Gasteiger partial charge in [-0.2, -0.15) is 0 Å². The molecule has 1 aromatic heterocycles. The largest absolute Gasteiger partial charge is 0.352 e. The van der Waals surface area contributed by atoms with Crippen molar-refractivity contribution in [3.05, 3.63) is 107 Å². The summed E-state index contributed by atoms with van der Waals surface area (Å²) in [6, 6.07) is 28.9. The number of thiocarbonyl (C=S) groups is 1. The number of likely N-dealkylation sites (tertiary alicyclic amines) is 1. The molecule has 2 heterocycles. The average molecular weight is 486 g/mol. The first-order valence-corrected chi connectivity index (χ1v) is 12.6. The van der Waals surface area contributed by atoms with E-state index >= 15 is 0 Å². The number of benzene rings is 3. The lowest BCUT2D eigenvalue weighted by Crippen LogP contribution is -2.46. The van der Waals surface area contributed by atoms with Crippen molar-refractivity contribution in [3.8, 4) is 0 Å². The molecule has 35 heavy (non-hydrogen) atoms. The van der Waals surface area contributed by atoms with E-state index in [1.54, 1.807) is 4.57 Å². The van der Waals surface area contributed by atoms with Crippen LogP contribution in [0.15, 0.2) is 89.7 Å². The summed E-state index contributed by atoms with van der Waals surface area (Å²) >= 11 is 5.88. The van der Waals surface area contributed by atoms with Gasteiger partial charge in [-0.05, 0) is 48.3 Å². The highest BCUT2D eigenvalue weighted by Gasteiger charge is 2.27. The van der Waals surface area contributed by atoms with Crippen LogP contribution < -0.4 is 16.7 Å². The molecule has 0 spiro atoms. The number of rotatable bonds is 6. The van der Waals surface area contributed by atoms with Crippen molar-refractivity contribution in [2.45, 2.75) is 31.5 Å². The Bertz CT molecular complexity index is 1300. The van der Waals surface area contributed by atoms with E-state index in [4.69, 9.17) is 18.0 Å². The normalized spacial score (nSPS) is 14.5. The molecule has 180 valence electrons. The maximum Gasteiger partial charge on any atom is 0.329 e. The minimum Gasteiger partial charge on any atom is -0.352 e. The number of nitrogens with zero attached hydrogens (tertiary/aromatic N) is 3. The lowest BCUT2D eigenvalue weighted by molar-refractivity contribution is 0.262. The van der Waals surface area contributed by atoms with Crippen LogP contribution in [0.25, 0.3) is 11.0 Å².